The Bertz CT molecular complexity index is 2430. The highest BCUT2D eigenvalue weighted by Gasteiger charge is 2.37. The fourth-order valence-corrected chi connectivity index (χ4v) is 8.73. The first-order valence-electron chi connectivity index (χ1n) is 30.6. The Morgan fingerprint density at radius 3 is 0.824 bits per heavy atom. The third-order valence-electron chi connectivity index (χ3n) is 15.2. The van der Waals surface area contributed by atoms with E-state index in [0.717, 1.165) is 0 Å². The molecule has 14 unspecified atom stereocenters. The van der Waals surface area contributed by atoms with Gasteiger partial charge in [0.25, 0.3) is 0 Å². The number of carbonyl (C=O) groups excluding carboxylic acids is 14. The SMILES string of the molecule is CCC(N)C(=O)CCC(NC(=O)C(N)CN)C(=O)CCC(NC(=O)C(CCC(=O)C(N)CN)NC(=O)C(N)CN)C(=O)NC(CCC(=O)C(CCC(=O)C(CCC(=O)C(N)CN)NC(=O)CCN)NC(=O)C(CCC(=O)C(N)CN)NC(=O)C(N)CN)C(C)(C)C. The summed E-state index contributed by atoms with van der Waals surface area (Å²) in [4.78, 5) is 190. The zero-order valence-corrected chi connectivity index (χ0v) is 53.1. The van der Waals surface area contributed by atoms with Crippen molar-refractivity contribution in [3.63, 3.8) is 0 Å². The van der Waals surface area contributed by atoms with Gasteiger partial charge in [-0.1, -0.05) is 27.7 Å². The molecule has 35 heteroatoms. The molecule has 0 rings (SSSR count). The fraction of sp³-hybridized carbons (Fsp3) is 0.750. The van der Waals surface area contributed by atoms with Crippen molar-refractivity contribution >= 4 is 81.8 Å². The van der Waals surface area contributed by atoms with Crippen molar-refractivity contribution in [3.05, 3.63) is 0 Å². The van der Waals surface area contributed by atoms with Crippen LogP contribution in [0.3, 0.4) is 0 Å². The second-order valence-electron chi connectivity index (χ2n) is 23.5. The first kappa shape index (κ1) is 84.4. The highest BCUT2D eigenvalue weighted by Crippen LogP contribution is 2.25. The van der Waals surface area contributed by atoms with Gasteiger partial charge in [-0.3, -0.25) is 67.1 Å². The largest absolute Gasteiger partial charge is 0.351 e. The van der Waals surface area contributed by atoms with Crippen molar-refractivity contribution in [3.8, 4) is 0 Å². The molecular formula is C56H107N21O14. The van der Waals surface area contributed by atoms with Gasteiger partial charge in [0.1, 0.15) is 23.9 Å². The minimum atomic E-state index is -1.69. The first-order chi connectivity index (χ1) is 42.6. The van der Waals surface area contributed by atoms with Crippen LogP contribution in [0.2, 0.25) is 0 Å². The number of amides is 7. The number of hydrogen-bond donors (Lipinski definition) is 21. The number of nitrogens with two attached hydrogens (primary N) is 14. The van der Waals surface area contributed by atoms with Crippen LogP contribution in [0.15, 0.2) is 0 Å². The van der Waals surface area contributed by atoms with Gasteiger partial charge in [0.05, 0.1) is 60.4 Å². The van der Waals surface area contributed by atoms with E-state index in [0.29, 0.717) is 0 Å². The van der Waals surface area contributed by atoms with Crippen LogP contribution >= 0.6 is 0 Å². The zero-order chi connectivity index (χ0) is 69.9. The number of carbonyl (C=O) groups is 14. The molecule has 0 aliphatic carbocycles. The Morgan fingerprint density at radius 2 is 0.527 bits per heavy atom. The molecule has 0 saturated carbocycles. The minimum Gasteiger partial charge on any atom is -0.351 e. The highest BCUT2D eigenvalue weighted by molar-refractivity contribution is 5.97. The summed E-state index contributed by atoms with van der Waals surface area (Å²) in [5.41, 5.74) is 79.1. The van der Waals surface area contributed by atoms with Crippen molar-refractivity contribution in [1.82, 2.24) is 37.2 Å². The number of nitrogens with one attached hydrogen (secondary N) is 7. The topological polar surface area (TPSA) is 687 Å². The smallest absolute Gasteiger partial charge is 0.243 e. The molecule has 520 valence electrons. The molecule has 7 amide bonds. The van der Waals surface area contributed by atoms with Gasteiger partial charge in [-0.05, 0) is 56.8 Å². The maximum Gasteiger partial charge on any atom is 0.243 e. The van der Waals surface area contributed by atoms with E-state index in [4.69, 9.17) is 80.3 Å². The number of hydrogen-bond acceptors (Lipinski definition) is 28. The molecule has 0 aromatic carbocycles. The third kappa shape index (κ3) is 32.0. The van der Waals surface area contributed by atoms with E-state index < -0.39 is 217 Å². The first-order valence-corrected chi connectivity index (χ1v) is 30.6. The summed E-state index contributed by atoms with van der Waals surface area (Å²) in [6, 6.07) is -18.3. The molecular weight excluding hydrogens is 1190 g/mol. The van der Waals surface area contributed by atoms with Crippen molar-refractivity contribution in [2.45, 2.75) is 215 Å². The molecule has 0 saturated heterocycles. The standard InChI is InChI=1S/C56H107N21O14/c1-5-28(64)41(78)12-7-36(72-50(86)32(68)25-61)46(83)17-11-40(76-54(90)39(75-52(88)34(70)27-63)10-15-44(81)31(67)24-60)55(91)77-48(56(2,3)4)19-18-47(84)37(8-16-45(82)35(71-49(85)20-21-57)6-13-42(79)29(65)22-58)73-53(89)38(74-51(87)33(69)26-62)9-14-43(80)30(66)23-59/h28-40,48H,5-27,57-70H2,1-4H3,(H,71,85)(H,72,86)(H,73,89)(H,74,87)(H,75,88)(H,76,90)(H,77,91). The lowest BCUT2D eigenvalue weighted by Crippen LogP contribution is -2.58. The summed E-state index contributed by atoms with van der Waals surface area (Å²) in [5, 5.41) is 17.8. The van der Waals surface area contributed by atoms with Crippen LogP contribution in [-0.4, -0.2) is 212 Å². The van der Waals surface area contributed by atoms with E-state index >= 15 is 0 Å². The van der Waals surface area contributed by atoms with Gasteiger partial charge < -0.3 is 117 Å². The van der Waals surface area contributed by atoms with Gasteiger partial charge in [0.2, 0.25) is 41.4 Å². The normalized spacial score (nSPS) is 16.2. The van der Waals surface area contributed by atoms with E-state index in [2.05, 4.69) is 37.2 Å². The molecule has 0 fully saturated rings. The minimum absolute atomic E-state index is 0.0951. The second-order valence-corrected chi connectivity index (χ2v) is 23.5. The van der Waals surface area contributed by atoms with Crippen molar-refractivity contribution in [1.29, 1.82) is 0 Å². The quantitative estimate of drug-likeness (QED) is 0.0269. The number of ketones is 7. The van der Waals surface area contributed by atoms with Crippen LogP contribution in [0, 0.1) is 5.41 Å². The van der Waals surface area contributed by atoms with Crippen LogP contribution in [0.25, 0.3) is 0 Å². The van der Waals surface area contributed by atoms with Crippen molar-refractivity contribution in [2.24, 2.45) is 85.7 Å². The Kier molecular flexibility index (Phi) is 40.9. The van der Waals surface area contributed by atoms with Crippen molar-refractivity contribution in [2.75, 3.05) is 45.8 Å². The predicted molar refractivity (Wildman–Crippen MR) is 337 cm³/mol. The average molecular weight is 1300 g/mol. The lowest BCUT2D eigenvalue weighted by Gasteiger charge is -2.34. The van der Waals surface area contributed by atoms with Crippen LogP contribution in [0.1, 0.15) is 130 Å². The maximum absolute atomic E-state index is 14.8. The van der Waals surface area contributed by atoms with E-state index in [1.54, 1.807) is 27.7 Å². The van der Waals surface area contributed by atoms with Crippen LogP contribution in [0.4, 0.5) is 0 Å². The summed E-state index contributed by atoms with van der Waals surface area (Å²) < 4.78 is 0. The lowest BCUT2D eigenvalue weighted by atomic mass is 9.82. The lowest BCUT2D eigenvalue weighted by molar-refractivity contribution is -0.134. The molecule has 14 atom stereocenters. The molecule has 0 aromatic rings. The van der Waals surface area contributed by atoms with Gasteiger partial charge in [0, 0.05) is 103 Å². The Labute approximate surface area is 531 Å². The van der Waals surface area contributed by atoms with Crippen LogP contribution < -0.4 is 117 Å². The molecule has 0 aromatic heterocycles. The summed E-state index contributed by atoms with van der Waals surface area (Å²) in [6.45, 7) is 4.88. The molecule has 0 aliphatic rings. The van der Waals surface area contributed by atoms with Crippen LogP contribution in [-0.2, 0) is 67.1 Å². The molecule has 0 bridgehead atoms. The summed E-state index contributed by atoms with van der Waals surface area (Å²) in [7, 11) is 0. The van der Waals surface area contributed by atoms with Gasteiger partial charge >= 0.3 is 0 Å². The van der Waals surface area contributed by atoms with Crippen molar-refractivity contribution < 1.29 is 67.1 Å². The van der Waals surface area contributed by atoms with E-state index in [1.165, 1.54) is 0 Å². The summed E-state index contributed by atoms with van der Waals surface area (Å²) in [5.74, 6) is -10.6. The summed E-state index contributed by atoms with van der Waals surface area (Å²) in [6.07, 6.45) is -5.34. The summed E-state index contributed by atoms with van der Waals surface area (Å²) >= 11 is 0. The van der Waals surface area contributed by atoms with Gasteiger partial charge in [-0.2, -0.15) is 0 Å². The Hall–Kier alpha value is -6.58. The molecule has 91 heavy (non-hydrogen) atoms. The third-order valence-corrected chi connectivity index (χ3v) is 15.2. The second kappa shape index (κ2) is 44.1. The molecule has 35 nitrogen and oxygen atoms in total. The molecule has 0 heterocycles. The molecule has 0 spiro atoms. The fourth-order valence-electron chi connectivity index (χ4n) is 8.73. The Balaban J connectivity index is 7.78. The van der Waals surface area contributed by atoms with Gasteiger partial charge in [-0.25, -0.2) is 0 Å². The van der Waals surface area contributed by atoms with Gasteiger partial charge in [0.15, 0.2) is 34.7 Å². The highest BCUT2D eigenvalue weighted by atomic mass is 16.2. The monoisotopic (exact) mass is 1300 g/mol. The average Bonchev–Trinajstić information content (AvgIpc) is 1.12. The van der Waals surface area contributed by atoms with Gasteiger partial charge in [-0.15, -0.1) is 0 Å². The predicted octanol–water partition coefficient (Wildman–Crippen LogP) is -10.3. The van der Waals surface area contributed by atoms with E-state index in [9.17, 15) is 67.1 Å². The van der Waals surface area contributed by atoms with E-state index in [-0.39, 0.29) is 104 Å². The molecule has 0 aliphatic heterocycles. The van der Waals surface area contributed by atoms with Crippen LogP contribution in [0.5, 0.6) is 0 Å². The number of rotatable bonds is 50. The molecule has 0 radical (unpaired) electrons. The maximum atomic E-state index is 14.8. The zero-order valence-electron chi connectivity index (χ0n) is 53.1. The number of Topliss-reactive ketones (excluding diaryl/α,β-unsaturated/α-hetero) is 7. The van der Waals surface area contributed by atoms with E-state index in [1.807, 2.05) is 0 Å². The Morgan fingerprint density at radius 1 is 0.286 bits per heavy atom. The molecule has 35 N–H and O–H groups in total.